The Bertz CT molecular complexity index is 832. The monoisotopic (exact) mass is 352 g/mol. The van der Waals surface area contributed by atoms with Gasteiger partial charge in [-0.1, -0.05) is 12.1 Å². The first-order chi connectivity index (χ1) is 12.6. The summed E-state index contributed by atoms with van der Waals surface area (Å²) in [6, 6.07) is 9.72. The van der Waals surface area contributed by atoms with Gasteiger partial charge in [0.25, 0.3) is 17.7 Å². The average molecular weight is 352 g/mol. The Labute approximate surface area is 149 Å². The smallest absolute Gasteiger partial charge is 0.262 e. The number of nitrogens with zero attached hydrogens (tertiary/aromatic N) is 2. The number of carbonyl (C=O) groups is 4. The minimum atomic E-state index is -0.481. The van der Waals surface area contributed by atoms with Gasteiger partial charge in [0.15, 0.2) is 0 Å². The van der Waals surface area contributed by atoms with Crippen molar-refractivity contribution in [2.75, 3.05) is 19.6 Å². The number of amides is 4. The van der Waals surface area contributed by atoms with E-state index in [0.717, 1.165) is 4.90 Å². The van der Waals surface area contributed by atoms with E-state index in [0.29, 0.717) is 16.7 Å². The van der Waals surface area contributed by atoms with Crippen LogP contribution in [0, 0.1) is 0 Å². The Morgan fingerprint density at radius 2 is 1.58 bits per heavy atom. The lowest BCUT2D eigenvalue weighted by atomic mass is 10.1. The minimum absolute atomic E-state index is 0.175. The molecule has 2 heterocycles. The maximum Gasteiger partial charge on any atom is 0.262 e. The van der Waals surface area contributed by atoms with Crippen LogP contribution in [0.15, 0.2) is 48.8 Å². The van der Waals surface area contributed by atoms with Crippen molar-refractivity contribution in [3.63, 3.8) is 0 Å². The van der Waals surface area contributed by atoms with E-state index in [-0.39, 0.29) is 25.5 Å². The molecule has 3 rings (SSSR count). The summed E-state index contributed by atoms with van der Waals surface area (Å²) < 4.78 is 0. The summed E-state index contributed by atoms with van der Waals surface area (Å²) in [7, 11) is 0. The highest BCUT2D eigenvalue weighted by Gasteiger charge is 2.36. The lowest BCUT2D eigenvalue weighted by Crippen LogP contribution is -2.42. The van der Waals surface area contributed by atoms with Crippen molar-refractivity contribution < 1.29 is 19.2 Å². The van der Waals surface area contributed by atoms with E-state index in [9.17, 15) is 19.2 Å². The van der Waals surface area contributed by atoms with E-state index >= 15 is 0 Å². The molecule has 0 saturated carbocycles. The largest absolute Gasteiger partial charge is 0.353 e. The summed E-state index contributed by atoms with van der Waals surface area (Å²) in [5.41, 5.74) is 1.02. The van der Waals surface area contributed by atoms with Crippen LogP contribution in [-0.4, -0.2) is 53.1 Å². The third kappa shape index (κ3) is 3.59. The highest BCUT2D eigenvalue weighted by Crippen LogP contribution is 2.21. The van der Waals surface area contributed by atoms with Gasteiger partial charge in [-0.3, -0.25) is 29.1 Å². The second kappa shape index (κ2) is 7.56. The lowest BCUT2D eigenvalue weighted by Gasteiger charge is -2.13. The van der Waals surface area contributed by atoms with Crippen molar-refractivity contribution >= 4 is 23.6 Å². The molecule has 0 atom stereocenters. The fourth-order valence-electron chi connectivity index (χ4n) is 2.56. The average Bonchev–Trinajstić information content (AvgIpc) is 2.91. The second-order valence-electron chi connectivity index (χ2n) is 5.59. The molecule has 1 aromatic heterocycles. The van der Waals surface area contributed by atoms with Crippen LogP contribution >= 0.6 is 0 Å². The molecular formula is C18H16N4O4. The maximum absolute atomic E-state index is 12.2. The van der Waals surface area contributed by atoms with E-state index < -0.39 is 17.7 Å². The number of benzene rings is 1. The standard InChI is InChI=1S/C18H16N4O4/c23-15(20-8-9-21-16(24)12-4-3-7-19-10-12)11-22-17(25)13-5-1-2-6-14(13)18(22)26/h1-7,10H,8-9,11H2,(H,20,23)(H,21,24). The molecule has 2 aromatic rings. The van der Waals surface area contributed by atoms with Gasteiger partial charge in [-0.25, -0.2) is 0 Å². The highest BCUT2D eigenvalue weighted by atomic mass is 16.2. The fraction of sp³-hybridized carbons (Fsp3) is 0.167. The van der Waals surface area contributed by atoms with Crippen LogP contribution in [0.3, 0.4) is 0 Å². The number of imide groups is 1. The summed E-state index contributed by atoms with van der Waals surface area (Å²) in [6.07, 6.45) is 3.01. The summed E-state index contributed by atoms with van der Waals surface area (Å²) in [6.45, 7) is 0.0263. The molecule has 132 valence electrons. The second-order valence-corrected chi connectivity index (χ2v) is 5.59. The van der Waals surface area contributed by atoms with Crippen LogP contribution in [-0.2, 0) is 4.79 Å². The van der Waals surface area contributed by atoms with Crippen molar-refractivity contribution in [2.45, 2.75) is 0 Å². The normalized spacial score (nSPS) is 12.7. The Kier molecular flexibility index (Phi) is 5.02. The molecule has 0 bridgehead atoms. The van der Waals surface area contributed by atoms with Crippen molar-refractivity contribution in [1.29, 1.82) is 0 Å². The first-order valence-electron chi connectivity index (χ1n) is 7.98. The molecule has 0 unspecified atom stereocenters. The van der Waals surface area contributed by atoms with Crippen LogP contribution in [0.25, 0.3) is 0 Å². The van der Waals surface area contributed by atoms with Gasteiger partial charge in [-0.15, -0.1) is 0 Å². The summed E-state index contributed by atoms with van der Waals surface area (Å²) in [5.74, 6) is -1.74. The number of carbonyl (C=O) groups excluding carboxylic acids is 4. The maximum atomic E-state index is 12.2. The predicted octanol–water partition coefficient (Wildman–Crippen LogP) is 0.224. The van der Waals surface area contributed by atoms with Crippen molar-refractivity contribution in [3.05, 3.63) is 65.5 Å². The van der Waals surface area contributed by atoms with E-state index in [1.807, 2.05) is 0 Å². The van der Waals surface area contributed by atoms with Crippen molar-refractivity contribution in [1.82, 2.24) is 20.5 Å². The van der Waals surface area contributed by atoms with E-state index in [2.05, 4.69) is 15.6 Å². The Morgan fingerprint density at radius 3 is 2.19 bits per heavy atom. The molecule has 1 aliphatic rings. The van der Waals surface area contributed by atoms with E-state index in [4.69, 9.17) is 0 Å². The molecule has 4 amide bonds. The number of hydrogen-bond donors (Lipinski definition) is 2. The third-order valence-corrected chi connectivity index (χ3v) is 3.84. The minimum Gasteiger partial charge on any atom is -0.353 e. The van der Waals surface area contributed by atoms with Crippen LogP contribution in [0.2, 0.25) is 0 Å². The first kappa shape index (κ1) is 17.3. The molecule has 0 aliphatic carbocycles. The zero-order chi connectivity index (χ0) is 18.5. The molecule has 1 aromatic carbocycles. The highest BCUT2D eigenvalue weighted by molar-refractivity contribution is 6.22. The van der Waals surface area contributed by atoms with Crippen LogP contribution in [0.5, 0.6) is 0 Å². The van der Waals surface area contributed by atoms with Crippen LogP contribution in [0.1, 0.15) is 31.1 Å². The number of rotatable bonds is 6. The van der Waals surface area contributed by atoms with Gasteiger partial charge in [0.2, 0.25) is 5.91 Å². The molecule has 2 N–H and O–H groups in total. The number of pyridine rings is 1. The molecule has 0 spiro atoms. The van der Waals surface area contributed by atoms with E-state index in [1.165, 1.54) is 6.20 Å². The molecule has 0 radical (unpaired) electrons. The van der Waals surface area contributed by atoms with Gasteiger partial charge in [-0.2, -0.15) is 0 Å². The zero-order valence-electron chi connectivity index (χ0n) is 13.8. The SMILES string of the molecule is O=C(CN1C(=O)c2ccccc2C1=O)NCCNC(=O)c1cccnc1. The number of fused-ring (bicyclic) bond motifs is 1. The predicted molar refractivity (Wildman–Crippen MR) is 91.4 cm³/mol. The lowest BCUT2D eigenvalue weighted by molar-refractivity contribution is -0.121. The van der Waals surface area contributed by atoms with Gasteiger partial charge < -0.3 is 10.6 Å². The number of aromatic nitrogens is 1. The fourth-order valence-corrected chi connectivity index (χ4v) is 2.56. The van der Waals surface area contributed by atoms with Gasteiger partial charge >= 0.3 is 0 Å². The summed E-state index contributed by atoms with van der Waals surface area (Å²) in [4.78, 5) is 52.9. The van der Waals surface area contributed by atoms with Gasteiger partial charge in [-0.05, 0) is 24.3 Å². The van der Waals surface area contributed by atoms with Crippen LogP contribution in [0.4, 0.5) is 0 Å². The Balaban J connectivity index is 1.45. The third-order valence-electron chi connectivity index (χ3n) is 3.84. The quantitative estimate of drug-likeness (QED) is 0.571. The Hall–Kier alpha value is -3.55. The zero-order valence-corrected chi connectivity index (χ0v) is 13.8. The summed E-state index contributed by atoms with van der Waals surface area (Å²) in [5, 5.41) is 5.21. The van der Waals surface area contributed by atoms with Gasteiger partial charge in [0.1, 0.15) is 6.54 Å². The molecule has 8 heteroatoms. The molecule has 0 saturated heterocycles. The van der Waals surface area contributed by atoms with Crippen LogP contribution < -0.4 is 10.6 Å². The number of hydrogen-bond acceptors (Lipinski definition) is 5. The van der Waals surface area contributed by atoms with Gasteiger partial charge in [0, 0.05) is 25.5 Å². The molecule has 8 nitrogen and oxygen atoms in total. The molecular weight excluding hydrogens is 336 g/mol. The molecule has 0 fully saturated rings. The van der Waals surface area contributed by atoms with E-state index in [1.54, 1.807) is 42.6 Å². The summed E-state index contributed by atoms with van der Waals surface area (Å²) >= 11 is 0. The van der Waals surface area contributed by atoms with Crippen molar-refractivity contribution in [3.8, 4) is 0 Å². The molecule has 1 aliphatic heterocycles. The first-order valence-corrected chi connectivity index (χ1v) is 7.98. The number of nitrogens with one attached hydrogen (secondary N) is 2. The Morgan fingerprint density at radius 1 is 0.923 bits per heavy atom. The topological polar surface area (TPSA) is 108 Å². The molecule has 26 heavy (non-hydrogen) atoms. The van der Waals surface area contributed by atoms with Crippen molar-refractivity contribution in [2.24, 2.45) is 0 Å². The van der Waals surface area contributed by atoms with Gasteiger partial charge in [0.05, 0.1) is 16.7 Å².